The zero-order chi connectivity index (χ0) is 26.2. The van der Waals surface area contributed by atoms with E-state index in [0.717, 1.165) is 50.8 Å². The molecule has 2 atom stereocenters. The zero-order valence-corrected chi connectivity index (χ0v) is 23.0. The van der Waals surface area contributed by atoms with E-state index in [1.165, 1.54) is 28.5 Å². The SMILES string of the molecule is CCCN(CCc1cccs1)C1CCc2c(cccc2OC(=O)C(CC)NC(C)=O)C1.c1cc2ccc1-2. The van der Waals surface area contributed by atoms with Crippen LogP contribution >= 0.6 is 11.3 Å². The van der Waals surface area contributed by atoms with E-state index in [2.05, 4.69) is 65.0 Å². The second-order valence-electron chi connectivity index (χ2n) is 9.82. The Balaban J connectivity index is 0.000000458. The largest absolute Gasteiger partial charge is 0.425 e. The lowest BCUT2D eigenvalue weighted by molar-refractivity contribution is -0.139. The van der Waals surface area contributed by atoms with Crippen LogP contribution in [0.3, 0.4) is 0 Å². The van der Waals surface area contributed by atoms with Crippen molar-refractivity contribution in [2.75, 3.05) is 13.1 Å². The highest BCUT2D eigenvalue weighted by Gasteiger charge is 2.27. The van der Waals surface area contributed by atoms with Gasteiger partial charge in [0, 0.05) is 24.4 Å². The first-order chi connectivity index (χ1) is 18.0. The Hall–Kier alpha value is -2.96. The van der Waals surface area contributed by atoms with Crippen molar-refractivity contribution in [1.29, 1.82) is 0 Å². The second kappa shape index (κ2) is 13.0. The van der Waals surface area contributed by atoms with E-state index in [1.54, 1.807) is 0 Å². The Kier molecular flexibility index (Phi) is 9.53. The summed E-state index contributed by atoms with van der Waals surface area (Å²) in [6.45, 7) is 7.71. The van der Waals surface area contributed by atoms with Gasteiger partial charge in [-0.05, 0) is 84.8 Å². The van der Waals surface area contributed by atoms with E-state index in [0.29, 0.717) is 18.2 Å². The molecule has 3 aliphatic carbocycles. The summed E-state index contributed by atoms with van der Waals surface area (Å²) in [4.78, 5) is 28.0. The van der Waals surface area contributed by atoms with Crippen LogP contribution in [0.15, 0.2) is 60.0 Å². The van der Waals surface area contributed by atoms with Gasteiger partial charge in [-0.3, -0.25) is 9.69 Å². The van der Waals surface area contributed by atoms with Crippen LogP contribution in [0.5, 0.6) is 5.75 Å². The summed E-state index contributed by atoms with van der Waals surface area (Å²) in [5.41, 5.74) is 5.26. The van der Waals surface area contributed by atoms with Crippen LogP contribution in [0.1, 0.15) is 56.0 Å². The van der Waals surface area contributed by atoms with E-state index >= 15 is 0 Å². The van der Waals surface area contributed by atoms with Crippen LogP contribution in [0.25, 0.3) is 11.1 Å². The van der Waals surface area contributed by atoms with Gasteiger partial charge in [0.25, 0.3) is 0 Å². The molecule has 196 valence electrons. The third kappa shape index (κ3) is 7.08. The summed E-state index contributed by atoms with van der Waals surface area (Å²) in [5, 5.41) is 4.82. The lowest BCUT2D eigenvalue weighted by Crippen LogP contribution is -2.42. The number of nitrogens with one attached hydrogen (secondary N) is 1. The third-order valence-corrected chi connectivity index (χ3v) is 8.10. The predicted octanol–water partition coefficient (Wildman–Crippen LogP) is 6.05. The van der Waals surface area contributed by atoms with Gasteiger partial charge >= 0.3 is 5.97 Å². The van der Waals surface area contributed by atoms with E-state index in [-0.39, 0.29) is 5.91 Å². The summed E-state index contributed by atoms with van der Waals surface area (Å²) >= 11 is 1.83. The molecule has 0 bridgehead atoms. The molecule has 37 heavy (non-hydrogen) atoms. The maximum atomic E-state index is 12.6. The van der Waals surface area contributed by atoms with Gasteiger partial charge in [-0.15, -0.1) is 11.3 Å². The normalized spacial score (nSPS) is 15.7. The highest BCUT2D eigenvalue weighted by molar-refractivity contribution is 7.09. The van der Waals surface area contributed by atoms with Crippen molar-refractivity contribution in [2.24, 2.45) is 0 Å². The number of hydrogen-bond acceptors (Lipinski definition) is 5. The fourth-order valence-corrected chi connectivity index (χ4v) is 5.75. The molecule has 0 saturated carbocycles. The molecule has 6 heteroatoms. The van der Waals surface area contributed by atoms with Crippen molar-refractivity contribution < 1.29 is 14.3 Å². The molecule has 0 aliphatic heterocycles. The fraction of sp³-hybridized carbons (Fsp3) is 0.419. The molecule has 1 N–H and O–H groups in total. The van der Waals surface area contributed by atoms with Crippen LogP contribution in [0, 0.1) is 0 Å². The van der Waals surface area contributed by atoms with Gasteiger partial charge in [0.15, 0.2) is 0 Å². The molecule has 2 aromatic rings. The molecule has 0 spiro atoms. The van der Waals surface area contributed by atoms with Gasteiger partial charge < -0.3 is 10.1 Å². The molecule has 0 radical (unpaired) electrons. The highest BCUT2D eigenvalue weighted by Crippen LogP contribution is 2.32. The average molecular weight is 519 g/mol. The number of hydrogen-bond donors (Lipinski definition) is 1. The number of ether oxygens (including phenoxy) is 1. The van der Waals surface area contributed by atoms with Crippen LogP contribution in [-0.2, 0) is 28.9 Å². The first kappa shape index (κ1) is 27.1. The maximum absolute atomic E-state index is 12.6. The van der Waals surface area contributed by atoms with E-state index in [1.807, 2.05) is 30.4 Å². The van der Waals surface area contributed by atoms with Gasteiger partial charge in [0.05, 0.1) is 0 Å². The summed E-state index contributed by atoms with van der Waals surface area (Å²) in [7, 11) is 0. The molecular weight excluding hydrogens is 480 g/mol. The Morgan fingerprint density at radius 1 is 1.05 bits per heavy atom. The molecule has 1 amide bonds. The first-order valence-corrected chi connectivity index (χ1v) is 14.3. The van der Waals surface area contributed by atoms with Crippen molar-refractivity contribution in [1.82, 2.24) is 10.2 Å². The molecule has 0 saturated heterocycles. The highest BCUT2D eigenvalue weighted by atomic mass is 32.1. The molecular formula is C31H38N2O3S. The molecule has 2 unspecified atom stereocenters. The number of carbonyl (C=O) groups excluding carboxylic acids is 2. The number of benzene rings is 2. The van der Waals surface area contributed by atoms with Gasteiger partial charge in [0.1, 0.15) is 11.8 Å². The van der Waals surface area contributed by atoms with Crippen LogP contribution in [0.2, 0.25) is 0 Å². The monoisotopic (exact) mass is 518 g/mol. The number of thiophene rings is 1. The second-order valence-corrected chi connectivity index (χ2v) is 10.8. The Bertz CT molecular complexity index is 1150. The van der Waals surface area contributed by atoms with Crippen molar-refractivity contribution in [3.05, 3.63) is 76.0 Å². The first-order valence-electron chi connectivity index (χ1n) is 13.4. The predicted molar refractivity (Wildman–Crippen MR) is 151 cm³/mol. The Labute approximate surface area is 224 Å². The van der Waals surface area contributed by atoms with Crippen molar-refractivity contribution in [2.45, 2.75) is 71.4 Å². The van der Waals surface area contributed by atoms with Crippen molar-refractivity contribution >= 4 is 23.2 Å². The Morgan fingerprint density at radius 2 is 1.81 bits per heavy atom. The van der Waals surface area contributed by atoms with Gasteiger partial charge in [-0.2, -0.15) is 0 Å². The lowest BCUT2D eigenvalue weighted by atomic mass is 9.86. The smallest absolute Gasteiger partial charge is 0.334 e. The summed E-state index contributed by atoms with van der Waals surface area (Å²) < 4.78 is 5.74. The molecule has 1 heterocycles. The number of fused-ring (bicyclic) bond motifs is 2. The molecule has 5 nitrogen and oxygen atoms in total. The van der Waals surface area contributed by atoms with Crippen molar-refractivity contribution in [3.63, 3.8) is 0 Å². The number of nitrogens with zero attached hydrogens (tertiary/aromatic N) is 1. The minimum atomic E-state index is -0.609. The van der Waals surface area contributed by atoms with Gasteiger partial charge in [-0.25, -0.2) is 4.79 Å². The number of amides is 1. The maximum Gasteiger partial charge on any atom is 0.334 e. The van der Waals surface area contributed by atoms with E-state index < -0.39 is 12.0 Å². The number of rotatable bonds is 10. The molecule has 1 aromatic heterocycles. The number of carbonyl (C=O) groups is 2. The molecule has 3 aliphatic rings. The third-order valence-electron chi connectivity index (χ3n) is 7.16. The Morgan fingerprint density at radius 3 is 2.38 bits per heavy atom. The molecule has 1 aromatic carbocycles. The summed E-state index contributed by atoms with van der Waals surface area (Å²) in [6, 6.07) is 18.7. The van der Waals surface area contributed by atoms with E-state index in [4.69, 9.17) is 4.74 Å². The standard InChI is InChI=1S/C25H34N2O3S.C6H4/c1-4-14-27(15-13-21-9-7-16-31-21)20-11-12-22-19(17-20)8-6-10-24(22)30-25(29)23(5-2)26-18(3)28;1-2-6-4-3-5(1)6/h6-10,16,20,23H,4-5,11-15,17H2,1-3H3,(H,26,28);1-4H. The minimum Gasteiger partial charge on any atom is -0.425 e. The topological polar surface area (TPSA) is 58.6 Å². The quantitative estimate of drug-likeness (QED) is 0.205. The van der Waals surface area contributed by atoms with Crippen molar-refractivity contribution in [3.8, 4) is 16.9 Å². The molecule has 0 fully saturated rings. The fourth-order valence-electron chi connectivity index (χ4n) is 5.05. The number of esters is 1. The van der Waals surface area contributed by atoms with Crippen LogP contribution in [0.4, 0.5) is 0 Å². The van der Waals surface area contributed by atoms with Crippen LogP contribution < -0.4 is 10.1 Å². The summed E-state index contributed by atoms with van der Waals surface area (Å²) in [6.07, 6.45) is 5.70. The van der Waals surface area contributed by atoms with Gasteiger partial charge in [0.2, 0.25) is 5.91 Å². The molecule has 5 rings (SSSR count). The zero-order valence-electron chi connectivity index (χ0n) is 22.2. The minimum absolute atomic E-state index is 0.222. The van der Waals surface area contributed by atoms with Crippen LogP contribution in [-0.4, -0.2) is 41.9 Å². The average Bonchev–Trinajstić information content (AvgIpc) is 3.41. The summed E-state index contributed by atoms with van der Waals surface area (Å²) in [5.74, 6) is 0.0301. The van der Waals surface area contributed by atoms with Gasteiger partial charge in [-0.1, -0.05) is 56.3 Å². The van der Waals surface area contributed by atoms with E-state index in [9.17, 15) is 9.59 Å². The lowest BCUT2D eigenvalue weighted by Gasteiger charge is -2.35.